The first-order chi connectivity index (χ1) is 4.84. The molecule has 3 nitrogen and oxygen atoms in total. The van der Waals surface area contributed by atoms with Crippen molar-refractivity contribution >= 4 is 0 Å². The molecule has 10 heavy (non-hydrogen) atoms. The lowest BCUT2D eigenvalue weighted by Crippen LogP contribution is -2.06. The van der Waals surface area contributed by atoms with E-state index in [-0.39, 0.29) is 12.6 Å². The Labute approximate surface area is 60.3 Å². The SMILES string of the molecule is CC(CC[O])n1cccn1. The van der Waals surface area contributed by atoms with E-state index >= 15 is 0 Å². The highest BCUT2D eigenvalue weighted by atomic mass is 16.3. The summed E-state index contributed by atoms with van der Waals surface area (Å²) >= 11 is 0. The van der Waals surface area contributed by atoms with Crippen molar-refractivity contribution in [3.8, 4) is 0 Å². The molecule has 1 heterocycles. The van der Waals surface area contributed by atoms with E-state index in [0.29, 0.717) is 6.42 Å². The van der Waals surface area contributed by atoms with E-state index in [9.17, 15) is 5.11 Å². The van der Waals surface area contributed by atoms with E-state index < -0.39 is 0 Å². The molecule has 0 bridgehead atoms. The zero-order valence-corrected chi connectivity index (χ0v) is 6.03. The van der Waals surface area contributed by atoms with Crippen LogP contribution in [0.25, 0.3) is 0 Å². The van der Waals surface area contributed by atoms with Crippen LogP contribution in [0.5, 0.6) is 0 Å². The minimum Gasteiger partial charge on any atom is -0.270 e. The van der Waals surface area contributed by atoms with Crippen LogP contribution in [0.3, 0.4) is 0 Å². The molecule has 0 N–H and O–H groups in total. The maximum Gasteiger partial charge on any atom is 0.0842 e. The summed E-state index contributed by atoms with van der Waals surface area (Å²) in [6.45, 7) is 1.96. The minimum atomic E-state index is -0.0268. The summed E-state index contributed by atoms with van der Waals surface area (Å²) in [5.74, 6) is 0. The van der Waals surface area contributed by atoms with Crippen LogP contribution in [-0.2, 0) is 5.11 Å². The molecule has 0 fully saturated rings. The number of hydrogen-bond donors (Lipinski definition) is 0. The minimum absolute atomic E-state index is 0.0268. The number of hydrogen-bond acceptors (Lipinski definition) is 1. The van der Waals surface area contributed by atoms with Crippen LogP contribution in [0, 0.1) is 0 Å². The van der Waals surface area contributed by atoms with Crippen LogP contribution in [0.15, 0.2) is 18.5 Å². The summed E-state index contributed by atoms with van der Waals surface area (Å²) in [6.07, 6.45) is 4.25. The molecular formula is C7H11N2O. The zero-order valence-electron chi connectivity index (χ0n) is 6.03. The van der Waals surface area contributed by atoms with Gasteiger partial charge < -0.3 is 0 Å². The fourth-order valence-corrected chi connectivity index (χ4v) is 0.844. The second-order valence-corrected chi connectivity index (χ2v) is 2.33. The van der Waals surface area contributed by atoms with Crippen molar-refractivity contribution in [1.82, 2.24) is 9.78 Å². The molecule has 0 aliphatic carbocycles. The predicted octanol–water partition coefficient (Wildman–Crippen LogP) is 1.26. The number of nitrogens with zero attached hydrogens (tertiary/aromatic N) is 2. The van der Waals surface area contributed by atoms with Crippen molar-refractivity contribution in [3.63, 3.8) is 0 Å². The van der Waals surface area contributed by atoms with Gasteiger partial charge in [0.15, 0.2) is 0 Å². The van der Waals surface area contributed by atoms with Crippen molar-refractivity contribution in [2.45, 2.75) is 19.4 Å². The molecule has 0 saturated carbocycles. The standard InChI is InChI=1S/C7H11N2O/c1-7(3-6-10)9-5-2-4-8-9/h2,4-5,7H,3,6H2,1H3. The summed E-state index contributed by atoms with van der Waals surface area (Å²) in [5.41, 5.74) is 0. The van der Waals surface area contributed by atoms with Gasteiger partial charge in [0.25, 0.3) is 0 Å². The molecule has 0 aromatic carbocycles. The average Bonchev–Trinajstić information content (AvgIpc) is 2.38. The van der Waals surface area contributed by atoms with Crippen LogP contribution in [-0.4, -0.2) is 16.4 Å². The van der Waals surface area contributed by atoms with Gasteiger partial charge in [0.1, 0.15) is 0 Å². The molecule has 0 aliphatic heterocycles. The predicted molar refractivity (Wildman–Crippen MR) is 37.1 cm³/mol. The molecule has 0 spiro atoms. The normalized spacial score (nSPS) is 13.4. The van der Waals surface area contributed by atoms with E-state index in [0.717, 1.165) is 0 Å². The van der Waals surface area contributed by atoms with Gasteiger partial charge >= 0.3 is 0 Å². The highest BCUT2D eigenvalue weighted by Crippen LogP contribution is 2.06. The molecular weight excluding hydrogens is 128 g/mol. The average molecular weight is 139 g/mol. The van der Waals surface area contributed by atoms with Crippen LogP contribution in [0.2, 0.25) is 0 Å². The van der Waals surface area contributed by atoms with E-state index in [1.54, 1.807) is 10.9 Å². The third kappa shape index (κ3) is 1.57. The summed E-state index contributed by atoms with van der Waals surface area (Å²) in [7, 11) is 0. The Morgan fingerprint density at radius 3 is 3.00 bits per heavy atom. The lowest BCUT2D eigenvalue weighted by Gasteiger charge is -2.08. The van der Waals surface area contributed by atoms with Crippen LogP contribution in [0.4, 0.5) is 0 Å². The molecule has 0 amide bonds. The van der Waals surface area contributed by atoms with Gasteiger partial charge in [-0.25, -0.2) is 5.11 Å². The lowest BCUT2D eigenvalue weighted by atomic mass is 10.2. The molecule has 55 valence electrons. The van der Waals surface area contributed by atoms with Gasteiger partial charge in [-0.15, -0.1) is 0 Å². The molecule has 0 aliphatic rings. The Balaban J connectivity index is 2.50. The Morgan fingerprint density at radius 2 is 2.50 bits per heavy atom. The van der Waals surface area contributed by atoms with Gasteiger partial charge in [0, 0.05) is 12.4 Å². The summed E-state index contributed by atoms with van der Waals surface area (Å²) in [5, 5.41) is 14.2. The molecule has 1 atom stereocenters. The second-order valence-electron chi connectivity index (χ2n) is 2.33. The fourth-order valence-electron chi connectivity index (χ4n) is 0.844. The first-order valence-electron chi connectivity index (χ1n) is 3.42. The van der Waals surface area contributed by atoms with Gasteiger partial charge in [-0.2, -0.15) is 5.10 Å². The first-order valence-corrected chi connectivity index (χ1v) is 3.42. The van der Waals surface area contributed by atoms with Crippen molar-refractivity contribution in [2.75, 3.05) is 6.61 Å². The second kappa shape index (κ2) is 3.37. The molecule has 0 saturated heterocycles. The number of aromatic nitrogens is 2. The largest absolute Gasteiger partial charge is 0.270 e. The van der Waals surface area contributed by atoms with Gasteiger partial charge in [0.05, 0.1) is 12.6 Å². The van der Waals surface area contributed by atoms with Crippen molar-refractivity contribution in [1.29, 1.82) is 0 Å². The summed E-state index contributed by atoms with van der Waals surface area (Å²) < 4.78 is 1.80. The molecule has 1 aromatic heterocycles. The highest BCUT2D eigenvalue weighted by Gasteiger charge is 2.01. The van der Waals surface area contributed by atoms with Crippen LogP contribution < -0.4 is 0 Å². The topological polar surface area (TPSA) is 37.7 Å². The van der Waals surface area contributed by atoms with Gasteiger partial charge in [-0.3, -0.25) is 4.68 Å². The van der Waals surface area contributed by atoms with Crippen LogP contribution in [0.1, 0.15) is 19.4 Å². The van der Waals surface area contributed by atoms with Gasteiger partial charge in [0.2, 0.25) is 0 Å². The third-order valence-electron chi connectivity index (χ3n) is 1.51. The Morgan fingerprint density at radius 1 is 1.70 bits per heavy atom. The molecule has 1 unspecified atom stereocenters. The molecule has 1 aromatic rings. The van der Waals surface area contributed by atoms with E-state index in [4.69, 9.17) is 0 Å². The quantitative estimate of drug-likeness (QED) is 0.621. The molecule has 1 rings (SSSR count). The van der Waals surface area contributed by atoms with Gasteiger partial charge in [-0.05, 0) is 19.4 Å². The van der Waals surface area contributed by atoms with E-state index in [2.05, 4.69) is 5.10 Å². The zero-order chi connectivity index (χ0) is 7.40. The Bertz CT molecular complexity index is 172. The van der Waals surface area contributed by atoms with Crippen molar-refractivity contribution in [3.05, 3.63) is 18.5 Å². The maximum atomic E-state index is 10.2. The highest BCUT2D eigenvalue weighted by molar-refractivity contribution is 4.80. The van der Waals surface area contributed by atoms with E-state index in [1.807, 2.05) is 19.2 Å². The number of rotatable bonds is 3. The molecule has 1 radical (unpaired) electrons. The summed E-state index contributed by atoms with van der Waals surface area (Å²) in [4.78, 5) is 0. The van der Waals surface area contributed by atoms with Gasteiger partial charge in [-0.1, -0.05) is 0 Å². The van der Waals surface area contributed by atoms with E-state index in [1.165, 1.54) is 0 Å². The molecule has 3 heteroatoms. The van der Waals surface area contributed by atoms with Crippen molar-refractivity contribution in [2.24, 2.45) is 0 Å². The summed E-state index contributed by atoms with van der Waals surface area (Å²) in [6, 6.07) is 2.11. The smallest absolute Gasteiger partial charge is 0.0842 e. The Kier molecular flexibility index (Phi) is 2.45. The monoisotopic (exact) mass is 139 g/mol. The Hall–Kier alpha value is -0.830. The van der Waals surface area contributed by atoms with Crippen LogP contribution >= 0.6 is 0 Å². The first kappa shape index (κ1) is 7.28. The lowest BCUT2D eigenvalue weighted by molar-refractivity contribution is 0.172. The third-order valence-corrected chi connectivity index (χ3v) is 1.51. The maximum absolute atomic E-state index is 10.2. The van der Waals surface area contributed by atoms with Crippen molar-refractivity contribution < 1.29 is 5.11 Å². The fraction of sp³-hybridized carbons (Fsp3) is 0.571.